The predicted molar refractivity (Wildman–Crippen MR) is 44.4 cm³/mol. The molecule has 1 atom stereocenters. The van der Waals surface area contributed by atoms with Gasteiger partial charge in [-0.05, 0) is 0 Å². The quantitative estimate of drug-likeness (QED) is 0.639. The van der Waals surface area contributed by atoms with Crippen LogP contribution in [-0.2, 0) is 14.4 Å². The van der Waals surface area contributed by atoms with Crippen LogP contribution in [0.25, 0.3) is 0 Å². The molecule has 0 unspecified atom stereocenters. The molecule has 0 aromatic carbocycles. The second kappa shape index (κ2) is 4.42. The lowest BCUT2D eigenvalue weighted by Gasteiger charge is -2.06. The van der Waals surface area contributed by atoms with E-state index in [-0.39, 0.29) is 18.4 Å². The highest BCUT2D eigenvalue weighted by Gasteiger charge is 2.26. The Kier molecular flexibility index (Phi) is 3.48. The van der Waals surface area contributed by atoms with Crippen molar-refractivity contribution in [3.63, 3.8) is 0 Å². The van der Waals surface area contributed by atoms with Gasteiger partial charge in [-0.25, -0.2) is 5.48 Å². The van der Waals surface area contributed by atoms with Gasteiger partial charge < -0.3 is 5.32 Å². The van der Waals surface area contributed by atoms with Gasteiger partial charge in [0.05, 0.1) is 0 Å². The second-order valence-electron chi connectivity index (χ2n) is 2.34. The topological polar surface area (TPSA) is 67.4 Å². The van der Waals surface area contributed by atoms with Gasteiger partial charge in [0, 0.05) is 11.8 Å². The molecule has 1 heterocycles. The number of hydrogen-bond donors (Lipinski definition) is 2. The minimum absolute atomic E-state index is 0.155. The maximum Gasteiger partial charge on any atom is 0.268 e. The third-order valence-electron chi connectivity index (χ3n) is 1.40. The lowest BCUT2D eigenvalue weighted by Crippen LogP contribution is -2.41. The van der Waals surface area contributed by atoms with Crippen molar-refractivity contribution in [2.75, 3.05) is 11.9 Å². The molecule has 1 saturated heterocycles. The van der Waals surface area contributed by atoms with Crippen LogP contribution in [0.1, 0.15) is 6.42 Å². The van der Waals surface area contributed by atoms with Crippen molar-refractivity contribution >= 4 is 27.7 Å². The van der Waals surface area contributed by atoms with Crippen molar-refractivity contribution in [2.45, 2.75) is 12.5 Å². The molecule has 2 amide bonds. The van der Waals surface area contributed by atoms with Crippen LogP contribution in [0.4, 0.5) is 0 Å². The summed E-state index contributed by atoms with van der Waals surface area (Å²) in [6.45, 7) is 0.201. The fourth-order valence-corrected chi connectivity index (χ4v) is 1.16. The lowest BCUT2D eigenvalue weighted by molar-refractivity contribution is -0.128. The van der Waals surface area contributed by atoms with Crippen LogP contribution in [-0.4, -0.2) is 29.8 Å². The molecule has 1 fully saturated rings. The molecule has 6 heteroatoms. The molecule has 0 aliphatic carbocycles. The number of rotatable bonds is 3. The summed E-state index contributed by atoms with van der Waals surface area (Å²) in [5.41, 5.74) is 2.15. The van der Waals surface area contributed by atoms with Gasteiger partial charge in [0.25, 0.3) is 5.91 Å². The van der Waals surface area contributed by atoms with Crippen LogP contribution in [0.2, 0.25) is 0 Å². The van der Waals surface area contributed by atoms with Crippen molar-refractivity contribution < 1.29 is 14.4 Å². The van der Waals surface area contributed by atoms with Crippen molar-refractivity contribution in [1.82, 2.24) is 10.8 Å². The molecule has 0 spiro atoms. The van der Waals surface area contributed by atoms with Crippen LogP contribution in [0.3, 0.4) is 0 Å². The van der Waals surface area contributed by atoms with Gasteiger partial charge in [-0.2, -0.15) is 0 Å². The molecule has 0 aromatic rings. The summed E-state index contributed by atoms with van der Waals surface area (Å²) in [5, 5.41) is 3.11. The zero-order valence-electron chi connectivity index (χ0n) is 6.30. The van der Waals surface area contributed by atoms with E-state index in [1.165, 1.54) is 0 Å². The average molecular weight is 237 g/mol. The Morgan fingerprint density at radius 1 is 1.83 bits per heavy atom. The number of halogens is 1. The van der Waals surface area contributed by atoms with E-state index in [4.69, 9.17) is 0 Å². The van der Waals surface area contributed by atoms with E-state index in [1.807, 2.05) is 0 Å². The Labute approximate surface area is 77.9 Å². The molecule has 68 valence electrons. The first-order valence-electron chi connectivity index (χ1n) is 3.51. The zero-order chi connectivity index (χ0) is 8.97. The summed E-state index contributed by atoms with van der Waals surface area (Å²) < 4.78 is 0. The average Bonchev–Trinajstić information content (AvgIpc) is 2.37. The van der Waals surface area contributed by atoms with E-state index in [1.54, 1.807) is 0 Å². The molecule has 1 rings (SSSR count). The molecule has 0 bridgehead atoms. The monoisotopic (exact) mass is 236 g/mol. The van der Waals surface area contributed by atoms with Crippen LogP contribution in [0, 0.1) is 0 Å². The first-order valence-corrected chi connectivity index (χ1v) is 4.63. The number of hydroxylamine groups is 1. The van der Waals surface area contributed by atoms with Crippen LogP contribution in [0.5, 0.6) is 0 Å². The molecule has 0 saturated carbocycles. The molecule has 0 aromatic heterocycles. The van der Waals surface area contributed by atoms with Crippen molar-refractivity contribution in [3.05, 3.63) is 0 Å². The number of hydrogen-bond acceptors (Lipinski definition) is 3. The van der Waals surface area contributed by atoms with Crippen LogP contribution < -0.4 is 10.8 Å². The SMILES string of the molecule is O=C(CCBr)N[C@@H]1CONC1=O. The summed E-state index contributed by atoms with van der Waals surface area (Å²) >= 11 is 3.12. The summed E-state index contributed by atoms with van der Waals surface area (Å²) in [5.74, 6) is -0.449. The van der Waals surface area contributed by atoms with E-state index in [9.17, 15) is 9.59 Å². The summed E-state index contributed by atoms with van der Waals surface area (Å²) in [6, 6.07) is -0.531. The summed E-state index contributed by atoms with van der Waals surface area (Å²) in [4.78, 5) is 26.4. The van der Waals surface area contributed by atoms with Gasteiger partial charge in [-0.15, -0.1) is 0 Å². The molecule has 0 radical (unpaired) electrons. The van der Waals surface area contributed by atoms with Crippen molar-refractivity contribution in [2.24, 2.45) is 0 Å². The smallest absolute Gasteiger partial charge is 0.268 e. The van der Waals surface area contributed by atoms with Gasteiger partial charge in [0.2, 0.25) is 5.91 Å². The summed E-state index contributed by atoms with van der Waals surface area (Å²) in [6.07, 6.45) is 0.365. The maximum absolute atomic E-state index is 11.0. The molecular weight excluding hydrogens is 228 g/mol. The Bertz CT molecular complexity index is 197. The standard InChI is InChI=1S/C6H9BrN2O3/c7-2-1-5(10)8-4-3-12-9-6(4)11/h4H,1-3H2,(H,8,10)(H,9,11)/t4-/m1/s1. The third-order valence-corrected chi connectivity index (χ3v) is 1.79. The molecule has 12 heavy (non-hydrogen) atoms. The Morgan fingerprint density at radius 3 is 3.08 bits per heavy atom. The van der Waals surface area contributed by atoms with Crippen molar-refractivity contribution in [3.8, 4) is 0 Å². The fourth-order valence-electron chi connectivity index (χ4n) is 0.802. The second-order valence-corrected chi connectivity index (χ2v) is 3.13. The Morgan fingerprint density at radius 2 is 2.58 bits per heavy atom. The summed E-state index contributed by atoms with van der Waals surface area (Å²) in [7, 11) is 0. The number of carbonyl (C=O) groups excluding carboxylic acids is 2. The van der Waals surface area contributed by atoms with Gasteiger partial charge in [0.15, 0.2) is 0 Å². The van der Waals surface area contributed by atoms with Gasteiger partial charge in [-0.3, -0.25) is 14.4 Å². The highest BCUT2D eigenvalue weighted by Crippen LogP contribution is 1.95. The van der Waals surface area contributed by atoms with Crippen LogP contribution in [0.15, 0.2) is 0 Å². The zero-order valence-corrected chi connectivity index (χ0v) is 7.89. The number of amides is 2. The number of carbonyl (C=O) groups is 2. The maximum atomic E-state index is 11.0. The van der Waals surface area contributed by atoms with Gasteiger partial charge >= 0.3 is 0 Å². The first kappa shape index (κ1) is 9.47. The Hall–Kier alpha value is -0.620. The van der Waals surface area contributed by atoms with Gasteiger partial charge in [0.1, 0.15) is 12.6 Å². The van der Waals surface area contributed by atoms with Crippen molar-refractivity contribution in [1.29, 1.82) is 0 Å². The predicted octanol–water partition coefficient (Wildman–Crippen LogP) is -0.682. The van der Waals surface area contributed by atoms with E-state index >= 15 is 0 Å². The fraction of sp³-hybridized carbons (Fsp3) is 0.667. The highest BCUT2D eigenvalue weighted by molar-refractivity contribution is 9.09. The molecule has 2 N–H and O–H groups in total. The lowest BCUT2D eigenvalue weighted by atomic mass is 10.3. The normalized spacial score (nSPS) is 22.1. The van der Waals surface area contributed by atoms with Gasteiger partial charge in [-0.1, -0.05) is 15.9 Å². The highest BCUT2D eigenvalue weighted by atomic mass is 79.9. The van der Waals surface area contributed by atoms with Crippen LogP contribution >= 0.6 is 15.9 Å². The molecule has 1 aliphatic heterocycles. The largest absolute Gasteiger partial charge is 0.342 e. The number of alkyl halides is 1. The number of nitrogens with one attached hydrogen (secondary N) is 2. The van der Waals surface area contributed by atoms with E-state index in [2.05, 4.69) is 31.6 Å². The molecular formula is C6H9BrN2O3. The Balaban J connectivity index is 2.30. The third kappa shape index (κ3) is 2.46. The van der Waals surface area contributed by atoms with E-state index in [0.717, 1.165) is 0 Å². The minimum Gasteiger partial charge on any atom is -0.342 e. The first-order chi connectivity index (χ1) is 5.74. The minimum atomic E-state index is -0.531. The van der Waals surface area contributed by atoms with E-state index < -0.39 is 6.04 Å². The molecule has 1 aliphatic rings. The van der Waals surface area contributed by atoms with E-state index in [0.29, 0.717) is 11.8 Å². The molecule has 5 nitrogen and oxygen atoms in total.